The van der Waals surface area contributed by atoms with E-state index in [-0.39, 0.29) is 28.7 Å². The Morgan fingerprint density at radius 1 is 1.15 bits per heavy atom. The number of halogens is 1. The molecule has 1 aliphatic heterocycles. The van der Waals surface area contributed by atoms with Crippen molar-refractivity contribution >= 4 is 40.7 Å². The van der Waals surface area contributed by atoms with Gasteiger partial charge in [0, 0.05) is 67.6 Å². The van der Waals surface area contributed by atoms with Crippen molar-refractivity contribution < 1.29 is 4.21 Å². The minimum Gasteiger partial charge on any atom is -0.355 e. The third-order valence-corrected chi connectivity index (χ3v) is 6.33. The second-order valence-electron chi connectivity index (χ2n) is 7.38. The monoisotopic (exact) mass is 492 g/mol. The third-order valence-electron chi connectivity index (χ3n) is 4.39. The fourth-order valence-electron chi connectivity index (χ4n) is 2.85. The maximum atomic E-state index is 12.1. The summed E-state index contributed by atoms with van der Waals surface area (Å²) in [4.78, 5) is 9.17. The molecular weight excluding hydrogens is 459 g/mol. The summed E-state index contributed by atoms with van der Waals surface area (Å²) in [6.07, 6.45) is 0. The van der Waals surface area contributed by atoms with Crippen molar-refractivity contribution in [2.24, 2.45) is 4.99 Å². The van der Waals surface area contributed by atoms with Crippen LogP contribution in [-0.2, 0) is 17.3 Å². The summed E-state index contributed by atoms with van der Waals surface area (Å²) in [5, 5.41) is 3.37. The van der Waals surface area contributed by atoms with Gasteiger partial charge in [0.2, 0.25) is 0 Å². The predicted octanol–water partition coefficient (Wildman–Crippen LogP) is 2.54. The summed E-state index contributed by atoms with van der Waals surface area (Å²) in [5.74, 6) is 1.57. The van der Waals surface area contributed by atoms with Crippen LogP contribution >= 0.6 is 24.0 Å². The van der Waals surface area contributed by atoms with Gasteiger partial charge in [0.15, 0.2) is 5.96 Å². The maximum absolute atomic E-state index is 12.1. The van der Waals surface area contributed by atoms with E-state index in [0.29, 0.717) is 12.3 Å². The van der Waals surface area contributed by atoms with Crippen molar-refractivity contribution in [1.82, 2.24) is 15.1 Å². The number of piperazine rings is 1. The summed E-state index contributed by atoms with van der Waals surface area (Å²) < 4.78 is 12.0. The molecule has 1 atom stereocenters. The number of nitrogens with zero attached hydrogens (tertiary/aromatic N) is 3. The molecule has 7 heteroatoms. The zero-order chi connectivity index (χ0) is 18.3. The molecule has 1 aromatic rings. The van der Waals surface area contributed by atoms with Crippen LogP contribution in [0.2, 0.25) is 0 Å². The molecular formula is C19H33IN4OS. The van der Waals surface area contributed by atoms with Crippen LogP contribution in [0.1, 0.15) is 26.3 Å². The first-order chi connectivity index (χ1) is 11.9. The predicted molar refractivity (Wildman–Crippen MR) is 123 cm³/mol. The van der Waals surface area contributed by atoms with E-state index >= 15 is 0 Å². The van der Waals surface area contributed by atoms with E-state index in [1.54, 1.807) is 0 Å². The molecule has 1 aliphatic rings. The lowest BCUT2D eigenvalue weighted by Gasteiger charge is -2.36. The van der Waals surface area contributed by atoms with Crippen LogP contribution in [-0.4, -0.2) is 70.2 Å². The summed E-state index contributed by atoms with van der Waals surface area (Å²) in [5.41, 5.74) is 1.36. The van der Waals surface area contributed by atoms with Crippen LogP contribution in [0.5, 0.6) is 0 Å². The van der Waals surface area contributed by atoms with E-state index in [1.165, 1.54) is 5.56 Å². The SMILES string of the molecule is CN=C(NCCS(=O)C(C)(C)C)N1CCN(Cc2ccccc2)CC1.I. The minimum atomic E-state index is -0.833. The van der Waals surface area contributed by atoms with Crippen LogP contribution in [0.15, 0.2) is 35.3 Å². The van der Waals surface area contributed by atoms with Gasteiger partial charge in [-0.25, -0.2) is 0 Å². The quantitative estimate of drug-likeness (QED) is 0.390. The van der Waals surface area contributed by atoms with Crippen LogP contribution in [0.4, 0.5) is 0 Å². The van der Waals surface area contributed by atoms with Crippen LogP contribution < -0.4 is 5.32 Å². The molecule has 26 heavy (non-hydrogen) atoms. The highest BCUT2D eigenvalue weighted by Crippen LogP contribution is 2.11. The number of aliphatic imine (C=N–C) groups is 1. The summed E-state index contributed by atoms with van der Waals surface area (Å²) >= 11 is 0. The fraction of sp³-hybridized carbons (Fsp3) is 0.632. The van der Waals surface area contributed by atoms with Gasteiger partial charge in [0.25, 0.3) is 0 Å². The Morgan fingerprint density at radius 2 is 1.77 bits per heavy atom. The molecule has 0 saturated carbocycles. The van der Waals surface area contributed by atoms with E-state index in [0.717, 1.165) is 38.7 Å². The van der Waals surface area contributed by atoms with Gasteiger partial charge in [-0.2, -0.15) is 0 Å². The molecule has 1 aromatic carbocycles. The standard InChI is InChI=1S/C19H32N4OS.HI/c1-19(2,3)25(24)15-10-21-18(20-4)23-13-11-22(12-14-23)16-17-8-6-5-7-9-17;/h5-9H,10-16H2,1-4H3,(H,20,21);1H. The van der Waals surface area contributed by atoms with Crippen molar-refractivity contribution in [3.05, 3.63) is 35.9 Å². The summed E-state index contributed by atoms with van der Waals surface area (Å²) in [6, 6.07) is 10.6. The molecule has 1 saturated heterocycles. The summed E-state index contributed by atoms with van der Waals surface area (Å²) in [6.45, 7) is 11.8. The molecule has 0 spiro atoms. The normalized spacial score (nSPS) is 17.5. The molecule has 5 nitrogen and oxygen atoms in total. The Morgan fingerprint density at radius 3 is 2.31 bits per heavy atom. The number of hydrogen-bond acceptors (Lipinski definition) is 3. The topological polar surface area (TPSA) is 47.9 Å². The molecule has 2 rings (SSSR count). The molecule has 0 radical (unpaired) electrons. The highest BCUT2D eigenvalue weighted by molar-refractivity contribution is 14.0. The first-order valence-electron chi connectivity index (χ1n) is 9.00. The molecule has 0 amide bonds. The zero-order valence-electron chi connectivity index (χ0n) is 16.4. The van der Waals surface area contributed by atoms with Gasteiger partial charge in [0.05, 0.1) is 0 Å². The van der Waals surface area contributed by atoms with E-state index in [4.69, 9.17) is 0 Å². The molecule has 1 heterocycles. The lowest BCUT2D eigenvalue weighted by Crippen LogP contribution is -2.52. The van der Waals surface area contributed by atoms with Gasteiger partial charge < -0.3 is 10.2 Å². The van der Waals surface area contributed by atoms with Crippen LogP contribution in [0.25, 0.3) is 0 Å². The molecule has 1 unspecified atom stereocenters. The highest BCUT2D eigenvalue weighted by Gasteiger charge is 2.21. The highest BCUT2D eigenvalue weighted by atomic mass is 127. The van der Waals surface area contributed by atoms with Gasteiger partial charge >= 0.3 is 0 Å². The van der Waals surface area contributed by atoms with Gasteiger partial charge in [0.1, 0.15) is 0 Å². The lowest BCUT2D eigenvalue weighted by atomic mass is 10.2. The van der Waals surface area contributed by atoms with Crippen LogP contribution in [0.3, 0.4) is 0 Å². The van der Waals surface area contributed by atoms with Gasteiger partial charge in [-0.3, -0.25) is 14.1 Å². The summed E-state index contributed by atoms with van der Waals surface area (Å²) in [7, 11) is 0.986. The van der Waals surface area contributed by atoms with Crippen molar-refractivity contribution in [3.8, 4) is 0 Å². The Bertz CT molecular complexity index is 581. The molecule has 148 valence electrons. The Labute approximate surface area is 178 Å². The third kappa shape index (κ3) is 7.52. The molecule has 0 aliphatic carbocycles. The minimum absolute atomic E-state index is 0. The number of hydrogen-bond donors (Lipinski definition) is 1. The first kappa shape index (κ1) is 23.4. The van der Waals surface area contributed by atoms with E-state index in [9.17, 15) is 4.21 Å². The van der Waals surface area contributed by atoms with E-state index in [2.05, 4.69) is 50.4 Å². The van der Waals surface area contributed by atoms with Crippen molar-refractivity contribution in [2.45, 2.75) is 32.1 Å². The number of nitrogens with one attached hydrogen (secondary N) is 1. The number of rotatable bonds is 5. The Hall–Kier alpha value is -0.670. The Kier molecular flexibility index (Phi) is 10.1. The van der Waals surface area contributed by atoms with E-state index in [1.807, 2.05) is 27.8 Å². The van der Waals surface area contributed by atoms with Crippen molar-refractivity contribution in [2.75, 3.05) is 45.5 Å². The average molecular weight is 492 g/mol. The van der Waals surface area contributed by atoms with Crippen molar-refractivity contribution in [3.63, 3.8) is 0 Å². The van der Waals surface area contributed by atoms with Gasteiger partial charge in [-0.1, -0.05) is 30.3 Å². The second-order valence-corrected chi connectivity index (χ2v) is 9.71. The molecule has 0 aromatic heterocycles. The first-order valence-corrected chi connectivity index (χ1v) is 10.3. The Balaban J connectivity index is 0.00000338. The van der Waals surface area contributed by atoms with Crippen LogP contribution in [0, 0.1) is 0 Å². The zero-order valence-corrected chi connectivity index (χ0v) is 19.5. The fourth-order valence-corrected chi connectivity index (χ4v) is 3.75. The smallest absolute Gasteiger partial charge is 0.193 e. The van der Waals surface area contributed by atoms with E-state index < -0.39 is 10.8 Å². The average Bonchev–Trinajstić information content (AvgIpc) is 2.59. The van der Waals surface area contributed by atoms with Crippen molar-refractivity contribution in [1.29, 1.82) is 0 Å². The van der Waals surface area contributed by atoms with Gasteiger partial charge in [-0.15, -0.1) is 24.0 Å². The number of benzene rings is 1. The largest absolute Gasteiger partial charge is 0.355 e. The van der Waals surface area contributed by atoms with Gasteiger partial charge in [-0.05, 0) is 26.3 Å². The number of guanidine groups is 1. The molecule has 1 N–H and O–H groups in total. The maximum Gasteiger partial charge on any atom is 0.193 e. The molecule has 0 bridgehead atoms. The second kappa shape index (κ2) is 11.2. The lowest BCUT2D eigenvalue weighted by molar-refractivity contribution is 0.172. The molecule has 1 fully saturated rings.